The molecule has 0 fully saturated rings. The maximum absolute atomic E-state index is 6.36. The lowest BCUT2D eigenvalue weighted by atomic mass is 9.87. The Kier molecular flexibility index (Phi) is 3.69. The topological polar surface area (TPSA) is 35.2 Å². The first-order valence-corrected chi connectivity index (χ1v) is 6.40. The van der Waals surface area contributed by atoms with Crippen molar-refractivity contribution < 1.29 is 4.74 Å². The molecule has 0 saturated carbocycles. The molecule has 2 aromatic rings. The van der Waals surface area contributed by atoms with Gasteiger partial charge < -0.3 is 10.5 Å². The molecule has 2 heteroatoms. The number of methoxy groups -OCH3 is 1. The largest absolute Gasteiger partial charge is 0.377 e. The fourth-order valence-electron chi connectivity index (χ4n) is 2.25. The maximum atomic E-state index is 6.36. The van der Waals surface area contributed by atoms with Crippen molar-refractivity contribution in [1.82, 2.24) is 0 Å². The van der Waals surface area contributed by atoms with E-state index in [1.165, 1.54) is 10.8 Å². The molecule has 0 aromatic heterocycles. The van der Waals surface area contributed by atoms with E-state index in [-0.39, 0.29) is 11.6 Å². The molecule has 96 valence electrons. The van der Waals surface area contributed by atoms with Crippen molar-refractivity contribution in [3.05, 3.63) is 48.0 Å². The molecule has 0 aliphatic carbocycles. The van der Waals surface area contributed by atoms with E-state index in [1.807, 2.05) is 12.1 Å². The number of fused-ring (bicyclic) bond motifs is 1. The zero-order chi connectivity index (χ0) is 13.2. The molecular weight excluding hydrogens is 222 g/mol. The van der Waals surface area contributed by atoms with Gasteiger partial charge in [-0.3, -0.25) is 0 Å². The highest BCUT2D eigenvalue weighted by Crippen LogP contribution is 2.31. The van der Waals surface area contributed by atoms with Gasteiger partial charge in [-0.2, -0.15) is 0 Å². The molecule has 18 heavy (non-hydrogen) atoms. The average Bonchev–Trinajstić information content (AvgIpc) is 2.45. The summed E-state index contributed by atoms with van der Waals surface area (Å²) < 4.78 is 5.59. The van der Waals surface area contributed by atoms with Crippen molar-refractivity contribution in [2.45, 2.75) is 31.9 Å². The molecule has 0 heterocycles. The van der Waals surface area contributed by atoms with Crippen molar-refractivity contribution in [3.8, 4) is 0 Å². The monoisotopic (exact) mass is 243 g/mol. The molecule has 2 unspecified atom stereocenters. The van der Waals surface area contributed by atoms with Gasteiger partial charge in [-0.05, 0) is 35.7 Å². The lowest BCUT2D eigenvalue weighted by Gasteiger charge is -2.33. The van der Waals surface area contributed by atoms with E-state index in [1.54, 1.807) is 7.11 Å². The van der Waals surface area contributed by atoms with Gasteiger partial charge in [-0.15, -0.1) is 0 Å². The molecule has 0 amide bonds. The van der Waals surface area contributed by atoms with Crippen LogP contribution < -0.4 is 5.73 Å². The summed E-state index contributed by atoms with van der Waals surface area (Å²) in [5.41, 5.74) is 7.17. The van der Waals surface area contributed by atoms with Crippen LogP contribution in [-0.2, 0) is 4.74 Å². The molecule has 0 spiro atoms. The van der Waals surface area contributed by atoms with Crippen LogP contribution in [0.2, 0.25) is 0 Å². The third-order valence-corrected chi connectivity index (χ3v) is 3.96. The van der Waals surface area contributed by atoms with Crippen LogP contribution in [0.4, 0.5) is 0 Å². The summed E-state index contributed by atoms with van der Waals surface area (Å²) >= 11 is 0. The summed E-state index contributed by atoms with van der Waals surface area (Å²) in [7, 11) is 1.73. The Morgan fingerprint density at radius 1 is 1.17 bits per heavy atom. The van der Waals surface area contributed by atoms with Gasteiger partial charge in [0.05, 0.1) is 11.6 Å². The Bertz CT molecular complexity index is 531. The van der Waals surface area contributed by atoms with Crippen LogP contribution in [0.5, 0.6) is 0 Å². The Morgan fingerprint density at radius 3 is 2.44 bits per heavy atom. The van der Waals surface area contributed by atoms with Crippen LogP contribution in [0.3, 0.4) is 0 Å². The summed E-state index contributed by atoms with van der Waals surface area (Å²) in [5.74, 6) is 0. The second kappa shape index (κ2) is 5.09. The van der Waals surface area contributed by atoms with Crippen LogP contribution >= 0.6 is 0 Å². The molecular formula is C16H21NO. The van der Waals surface area contributed by atoms with Crippen molar-refractivity contribution in [3.63, 3.8) is 0 Å². The molecule has 0 aliphatic heterocycles. The van der Waals surface area contributed by atoms with Crippen LogP contribution in [0.15, 0.2) is 42.5 Å². The zero-order valence-corrected chi connectivity index (χ0v) is 11.3. The predicted octanol–water partition coefficient (Wildman–Crippen LogP) is 3.65. The molecule has 2 N–H and O–H groups in total. The van der Waals surface area contributed by atoms with Gasteiger partial charge in [-0.1, -0.05) is 43.3 Å². The maximum Gasteiger partial charge on any atom is 0.0839 e. The number of rotatable bonds is 4. The summed E-state index contributed by atoms with van der Waals surface area (Å²) in [6.45, 7) is 4.16. The Balaban J connectivity index is 2.42. The molecule has 2 nitrogen and oxygen atoms in total. The van der Waals surface area contributed by atoms with Crippen LogP contribution in [-0.4, -0.2) is 12.7 Å². The molecule has 0 saturated heterocycles. The van der Waals surface area contributed by atoms with Gasteiger partial charge in [-0.25, -0.2) is 0 Å². The van der Waals surface area contributed by atoms with Crippen LogP contribution in [0.1, 0.15) is 31.9 Å². The van der Waals surface area contributed by atoms with Crippen molar-refractivity contribution in [1.29, 1.82) is 0 Å². The summed E-state index contributed by atoms with van der Waals surface area (Å²) in [5, 5.41) is 2.46. The van der Waals surface area contributed by atoms with Gasteiger partial charge >= 0.3 is 0 Å². The van der Waals surface area contributed by atoms with Crippen LogP contribution in [0, 0.1) is 0 Å². The van der Waals surface area contributed by atoms with E-state index >= 15 is 0 Å². The highest BCUT2D eigenvalue weighted by atomic mass is 16.5. The highest BCUT2D eigenvalue weighted by Gasteiger charge is 2.30. The first-order valence-electron chi connectivity index (χ1n) is 6.40. The second-order valence-electron chi connectivity index (χ2n) is 4.95. The molecule has 2 aromatic carbocycles. The quantitative estimate of drug-likeness (QED) is 0.889. The molecule has 0 aliphatic rings. The smallest absolute Gasteiger partial charge is 0.0839 e. The minimum atomic E-state index is -0.317. The Hall–Kier alpha value is -1.38. The minimum Gasteiger partial charge on any atom is -0.377 e. The molecule has 0 radical (unpaired) electrons. The van der Waals surface area contributed by atoms with Gasteiger partial charge in [0.1, 0.15) is 0 Å². The van der Waals surface area contributed by atoms with E-state index in [2.05, 4.69) is 44.2 Å². The number of ether oxygens (including phenoxy) is 1. The highest BCUT2D eigenvalue weighted by molar-refractivity contribution is 5.83. The van der Waals surface area contributed by atoms with Crippen molar-refractivity contribution in [2.24, 2.45) is 5.73 Å². The summed E-state index contributed by atoms with van der Waals surface area (Å²) in [6, 6.07) is 14.6. The summed E-state index contributed by atoms with van der Waals surface area (Å²) in [4.78, 5) is 0. The van der Waals surface area contributed by atoms with E-state index in [0.29, 0.717) is 0 Å². The number of hydrogen-bond acceptors (Lipinski definition) is 2. The third kappa shape index (κ3) is 2.26. The molecule has 0 bridgehead atoms. The van der Waals surface area contributed by atoms with E-state index in [9.17, 15) is 0 Å². The fourth-order valence-corrected chi connectivity index (χ4v) is 2.25. The van der Waals surface area contributed by atoms with Gasteiger partial charge in [0, 0.05) is 7.11 Å². The normalized spacial score (nSPS) is 16.4. The fraction of sp³-hybridized carbons (Fsp3) is 0.375. The van der Waals surface area contributed by atoms with E-state index < -0.39 is 0 Å². The SMILES string of the molecule is CCC(C)(OC)C(N)c1ccc2ccccc2c1. The zero-order valence-electron chi connectivity index (χ0n) is 11.3. The van der Waals surface area contributed by atoms with Crippen molar-refractivity contribution >= 4 is 10.8 Å². The lowest BCUT2D eigenvalue weighted by molar-refractivity contribution is -0.0194. The Labute approximate surface area is 109 Å². The van der Waals surface area contributed by atoms with E-state index in [0.717, 1.165) is 12.0 Å². The standard InChI is InChI=1S/C16H21NO/c1-4-16(2,18-3)15(17)14-10-9-12-7-5-6-8-13(12)11-14/h5-11,15H,4,17H2,1-3H3. The summed E-state index contributed by atoms with van der Waals surface area (Å²) in [6.07, 6.45) is 0.886. The van der Waals surface area contributed by atoms with Gasteiger partial charge in [0.2, 0.25) is 0 Å². The minimum absolute atomic E-state index is 0.114. The number of nitrogens with two attached hydrogens (primary N) is 1. The van der Waals surface area contributed by atoms with E-state index in [4.69, 9.17) is 10.5 Å². The van der Waals surface area contributed by atoms with Gasteiger partial charge in [0.15, 0.2) is 0 Å². The number of benzene rings is 2. The first kappa shape index (κ1) is 13.1. The second-order valence-corrected chi connectivity index (χ2v) is 4.95. The Morgan fingerprint density at radius 2 is 1.83 bits per heavy atom. The van der Waals surface area contributed by atoms with Crippen LogP contribution in [0.25, 0.3) is 10.8 Å². The lowest BCUT2D eigenvalue weighted by Crippen LogP contribution is -2.39. The first-order chi connectivity index (χ1) is 8.60. The van der Waals surface area contributed by atoms with Gasteiger partial charge in [0.25, 0.3) is 0 Å². The predicted molar refractivity (Wildman–Crippen MR) is 76.6 cm³/mol. The van der Waals surface area contributed by atoms with Crippen molar-refractivity contribution in [2.75, 3.05) is 7.11 Å². The molecule has 2 rings (SSSR count). The molecule has 2 atom stereocenters. The third-order valence-electron chi connectivity index (χ3n) is 3.96. The average molecular weight is 243 g/mol. The number of hydrogen-bond donors (Lipinski definition) is 1.